The van der Waals surface area contributed by atoms with Crippen LogP contribution in [0.1, 0.15) is 15.9 Å². The van der Waals surface area contributed by atoms with Crippen molar-refractivity contribution in [3.05, 3.63) is 34.3 Å². The van der Waals surface area contributed by atoms with Crippen molar-refractivity contribution in [2.75, 3.05) is 7.11 Å². The lowest BCUT2D eigenvalue weighted by molar-refractivity contribution is -0.157. The number of esters is 1. The van der Waals surface area contributed by atoms with E-state index in [1.165, 1.54) is 12.1 Å². The Morgan fingerprint density at radius 1 is 1.50 bits per heavy atom. The first-order chi connectivity index (χ1) is 8.45. The number of methoxy groups -OCH3 is 1. The zero-order valence-electron chi connectivity index (χ0n) is 9.38. The summed E-state index contributed by atoms with van der Waals surface area (Å²) in [4.78, 5) is 23.7. The highest BCUT2D eigenvalue weighted by Gasteiger charge is 2.59. The number of fused-ring (bicyclic) bond motifs is 1. The first-order valence-electron chi connectivity index (χ1n) is 5.14. The number of Topliss-reactive ketones (excluding diaryl/α,β-unsaturated/α-hetero) is 1. The van der Waals surface area contributed by atoms with Gasteiger partial charge in [-0.1, -0.05) is 23.7 Å². The Kier molecular flexibility index (Phi) is 3.11. The molecule has 6 heteroatoms. The van der Waals surface area contributed by atoms with E-state index in [-0.39, 0.29) is 17.0 Å². The van der Waals surface area contributed by atoms with Gasteiger partial charge >= 0.3 is 5.97 Å². The molecule has 0 heterocycles. The Bertz CT molecular complexity index is 530. The molecule has 1 unspecified atom stereocenters. The molecule has 1 aliphatic carbocycles. The van der Waals surface area contributed by atoms with Gasteiger partial charge in [-0.15, -0.1) is 0 Å². The molecule has 0 spiro atoms. The van der Waals surface area contributed by atoms with Crippen LogP contribution in [0.25, 0.3) is 0 Å². The third kappa shape index (κ3) is 1.54. The van der Waals surface area contributed by atoms with Gasteiger partial charge < -0.3 is 4.74 Å². The van der Waals surface area contributed by atoms with Crippen LogP contribution in [0.2, 0.25) is 5.02 Å². The lowest BCUT2D eigenvalue weighted by Gasteiger charge is -2.22. The molecule has 0 N–H and O–H groups in total. The molecule has 0 aromatic heterocycles. The molecule has 2 rings (SSSR count). The standard InChI is InChI=1S/C12H9ClF2O3/c1-18-11(17)12(10(14)15)5-6-3-2-4-7(13)8(6)9(12)16/h2-4,10H,5H2,1H3. The molecular weight excluding hydrogens is 266 g/mol. The molecular formula is C12H9ClF2O3. The van der Waals surface area contributed by atoms with Gasteiger partial charge in [0, 0.05) is 12.0 Å². The maximum atomic E-state index is 13.2. The fourth-order valence-electron chi connectivity index (χ4n) is 2.19. The summed E-state index contributed by atoms with van der Waals surface area (Å²) >= 11 is 5.83. The number of hydrogen-bond acceptors (Lipinski definition) is 3. The molecule has 0 fully saturated rings. The Labute approximate surface area is 107 Å². The maximum Gasteiger partial charge on any atom is 0.326 e. The number of carbonyl (C=O) groups is 2. The number of hydrogen-bond donors (Lipinski definition) is 0. The van der Waals surface area contributed by atoms with Crippen molar-refractivity contribution >= 4 is 23.4 Å². The Hall–Kier alpha value is -1.49. The Morgan fingerprint density at radius 3 is 2.67 bits per heavy atom. The SMILES string of the molecule is COC(=O)C1(C(F)F)Cc2cccc(Cl)c2C1=O. The van der Waals surface area contributed by atoms with Crippen molar-refractivity contribution < 1.29 is 23.1 Å². The fourth-order valence-corrected chi connectivity index (χ4v) is 2.47. The summed E-state index contributed by atoms with van der Waals surface area (Å²) in [5.74, 6) is -2.19. The molecule has 3 nitrogen and oxygen atoms in total. The summed E-state index contributed by atoms with van der Waals surface area (Å²) in [6.45, 7) is 0. The predicted molar refractivity (Wildman–Crippen MR) is 59.9 cm³/mol. The second-order valence-electron chi connectivity index (χ2n) is 4.04. The molecule has 96 valence electrons. The number of benzene rings is 1. The third-order valence-corrected chi connectivity index (χ3v) is 3.44. The van der Waals surface area contributed by atoms with Gasteiger partial charge in [0.25, 0.3) is 6.43 Å². The highest BCUT2D eigenvalue weighted by atomic mass is 35.5. The van der Waals surface area contributed by atoms with E-state index in [2.05, 4.69) is 4.74 Å². The van der Waals surface area contributed by atoms with E-state index in [9.17, 15) is 18.4 Å². The Morgan fingerprint density at radius 2 is 2.17 bits per heavy atom. The van der Waals surface area contributed by atoms with Crippen LogP contribution in [0.5, 0.6) is 0 Å². The van der Waals surface area contributed by atoms with Crippen LogP contribution in [0.3, 0.4) is 0 Å². The molecule has 18 heavy (non-hydrogen) atoms. The van der Waals surface area contributed by atoms with Crippen LogP contribution in [0.15, 0.2) is 18.2 Å². The number of carbonyl (C=O) groups excluding carboxylic acids is 2. The predicted octanol–water partition coefficient (Wildman–Crippen LogP) is 2.50. The minimum absolute atomic E-state index is 0.00938. The van der Waals surface area contributed by atoms with Gasteiger partial charge in [-0.25, -0.2) is 8.78 Å². The minimum Gasteiger partial charge on any atom is -0.468 e. The molecule has 0 bridgehead atoms. The van der Waals surface area contributed by atoms with Crippen molar-refractivity contribution in [3.8, 4) is 0 Å². The zero-order chi connectivity index (χ0) is 13.5. The van der Waals surface area contributed by atoms with Crippen LogP contribution in [0, 0.1) is 5.41 Å². The summed E-state index contributed by atoms with van der Waals surface area (Å²) in [5, 5.41) is 0.0731. The van der Waals surface area contributed by atoms with E-state index < -0.39 is 23.6 Å². The topological polar surface area (TPSA) is 43.4 Å². The zero-order valence-corrected chi connectivity index (χ0v) is 10.1. The highest BCUT2D eigenvalue weighted by molar-refractivity contribution is 6.35. The van der Waals surface area contributed by atoms with Crippen molar-refractivity contribution in [3.63, 3.8) is 0 Å². The van der Waals surface area contributed by atoms with Crippen LogP contribution in [0.4, 0.5) is 8.78 Å². The first-order valence-corrected chi connectivity index (χ1v) is 5.51. The first kappa shape index (κ1) is 13.0. The molecule has 1 aliphatic rings. The molecule has 0 aliphatic heterocycles. The number of alkyl halides is 2. The van der Waals surface area contributed by atoms with Crippen molar-refractivity contribution in [1.82, 2.24) is 0 Å². The molecule has 0 radical (unpaired) electrons. The highest BCUT2D eigenvalue weighted by Crippen LogP contribution is 2.44. The number of halogens is 3. The second-order valence-corrected chi connectivity index (χ2v) is 4.45. The van der Waals surface area contributed by atoms with E-state index in [0.717, 1.165) is 7.11 Å². The molecule has 1 atom stereocenters. The Balaban J connectivity index is 2.61. The fraction of sp³-hybridized carbons (Fsp3) is 0.333. The molecule has 0 saturated carbocycles. The van der Waals surface area contributed by atoms with E-state index >= 15 is 0 Å². The molecule has 1 aromatic rings. The summed E-state index contributed by atoms with van der Waals surface area (Å²) in [6, 6.07) is 4.48. The smallest absolute Gasteiger partial charge is 0.326 e. The molecule has 0 saturated heterocycles. The average Bonchev–Trinajstić information content (AvgIpc) is 2.64. The average molecular weight is 275 g/mol. The van der Waals surface area contributed by atoms with E-state index in [1.54, 1.807) is 6.07 Å². The number of rotatable bonds is 2. The summed E-state index contributed by atoms with van der Waals surface area (Å²) in [6.07, 6.45) is -3.52. The van der Waals surface area contributed by atoms with Gasteiger partial charge in [0.05, 0.1) is 12.1 Å². The quantitative estimate of drug-likeness (QED) is 0.615. The van der Waals surface area contributed by atoms with Gasteiger partial charge in [0.2, 0.25) is 0 Å². The van der Waals surface area contributed by atoms with Crippen molar-refractivity contribution in [2.45, 2.75) is 12.8 Å². The summed E-state index contributed by atoms with van der Waals surface area (Å²) in [7, 11) is 0.977. The number of ketones is 1. The normalized spacial score (nSPS) is 22.2. The maximum absolute atomic E-state index is 13.2. The van der Waals surface area contributed by atoms with Crippen LogP contribution in [-0.2, 0) is 16.0 Å². The van der Waals surface area contributed by atoms with Gasteiger partial charge in [-0.2, -0.15) is 0 Å². The monoisotopic (exact) mass is 274 g/mol. The van der Waals surface area contributed by atoms with Crippen LogP contribution in [-0.4, -0.2) is 25.3 Å². The second kappa shape index (κ2) is 4.31. The number of ether oxygens (including phenoxy) is 1. The van der Waals surface area contributed by atoms with E-state index in [1.807, 2.05) is 0 Å². The summed E-state index contributed by atoms with van der Waals surface area (Å²) in [5.41, 5.74) is -2.12. The third-order valence-electron chi connectivity index (χ3n) is 3.12. The summed E-state index contributed by atoms with van der Waals surface area (Å²) < 4.78 is 30.8. The lowest BCUT2D eigenvalue weighted by atomic mass is 9.84. The lowest BCUT2D eigenvalue weighted by Crippen LogP contribution is -2.44. The molecule has 0 amide bonds. The van der Waals surface area contributed by atoms with Crippen molar-refractivity contribution in [1.29, 1.82) is 0 Å². The van der Waals surface area contributed by atoms with E-state index in [0.29, 0.717) is 5.56 Å². The van der Waals surface area contributed by atoms with Crippen molar-refractivity contribution in [2.24, 2.45) is 5.41 Å². The van der Waals surface area contributed by atoms with Crippen LogP contribution >= 0.6 is 11.6 Å². The van der Waals surface area contributed by atoms with Gasteiger partial charge in [0.15, 0.2) is 11.2 Å². The van der Waals surface area contributed by atoms with Crippen LogP contribution < -0.4 is 0 Å². The minimum atomic E-state index is -3.14. The molecule has 1 aromatic carbocycles. The van der Waals surface area contributed by atoms with Gasteiger partial charge in [-0.05, 0) is 11.6 Å². The van der Waals surface area contributed by atoms with Gasteiger partial charge in [-0.3, -0.25) is 9.59 Å². The van der Waals surface area contributed by atoms with E-state index in [4.69, 9.17) is 11.6 Å². The largest absolute Gasteiger partial charge is 0.468 e. The van der Waals surface area contributed by atoms with Gasteiger partial charge in [0.1, 0.15) is 0 Å².